The lowest BCUT2D eigenvalue weighted by Crippen LogP contribution is -2.46. The summed E-state index contributed by atoms with van der Waals surface area (Å²) in [7, 11) is 0. The molecule has 3 rings (SSSR count). The minimum Gasteiger partial charge on any atom is -0.333 e. The predicted molar refractivity (Wildman–Crippen MR) is 110 cm³/mol. The maximum atomic E-state index is 13.2. The molecule has 2 heterocycles. The molecule has 1 atom stereocenters. The van der Waals surface area contributed by atoms with Crippen molar-refractivity contribution in [1.29, 1.82) is 0 Å². The van der Waals surface area contributed by atoms with Crippen molar-refractivity contribution in [2.24, 2.45) is 0 Å². The van der Waals surface area contributed by atoms with E-state index in [9.17, 15) is 9.59 Å². The summed E-state index contributed by atoms with van der Waals surface area (Å²) in [5.41, 5.74) is 2.36. The van der Waals surface area contributed by atoms with Crippen LogP contribution in [0.2, 0.25) is 0 Å². The van der Waals surface area contributed by atoms with E-state index in [4.69, 9.17) is 0 Å². The van der Waals surface area contributed by atoms with E-state index in [2.05, 4.69) is 30.5 Å². The lowest BCUT2D eigenvalue weighted by atomic mass is 9.93. The van der Waals surface area contributed by atoms with Gasteiger partial charge in [-0.2, -0.15) is 0 Å². The number of carbonyl (C=O) groups is 2. The number of thiophene rings is 1. The molecule has 1 aromatic heterocycles. The Labute approximate surface area is 165 Å². The van der Waals surface area contributed by atoms with Crippen molar-refractivity contribution in [3.8, 4) is 0 Å². The molecule has 0 saturated carbocycles. The Morgan fingerprint density at radius 3 is 2.67 bits per heavy atom. The number of hydrogen-bond acceptors (Lipinski definition) is 3. The first-order valence-corrected chi connectivity index (χ1v) is 10.7. The zero-order chi connectivity index (χ0) is 19.2. The van der Waals surface area contributed by atoms with Gasteiger partial charge in [0.15, 0.2) is 0 Å². The minimum atomic E-state index is -0.0570. The molecule has 0 fully saturated rings. The quantitative estimate of drug-likeness (QED) is 0.716. The highest BCUT2D eigenvalue weighted by molar-refractivity contribution is 7.10. The number of rotatable bonds is 7. The fourth-order valence-electron chi connectivity index (χ4n) is 3.70. The predicted octanol–water partition coefficient (Wildman–Crippen LogP) is 4.26. The molecule has 2 aromatic rings. The number of benzene rings is 1. The highest BCUT2D eigenvalue weighted by Crippen LogP contribution is 2.37. The van der Waals surface area contributed by atoms with E-state index in [-0.39, 0.29) is 24.4 Å². The van der Waals surface area contributed by atoms with Crippen molar-refractivity contribution in [2.45, 2.75) is 45.6 Å². The van der Waals surface area contributed by atoms with E-state index < -0.39 is 0 Å². The Bertz CT molecular complexity index is 772. The van der Waals surface area contributed by atoms with Crippen LogP contribution >= 0.6 is 11.3 Å². The molecular formula is C22H28N2O2S. The largest absolute Gasteiger partial charge is 0.333 e. The molecule has 1 aliphatic heterocycles. The molecule has 144 valence electrons. The van der Waals surface area contributed by atoms with Gasteiger partial charge in [0.2, 0.25) is 11.8 Å². The second-order valence-corrected chi connectivity index (χ2v) is 7.97. The number of carbonyl (C=O) groups excluding carboxylic acids is 2. The Hall–Kier alpha value is -2.14. The van der Waals surface area contributed by atoms with Crippen LogP contribution in [0.25, 0.3) is 0 Å². The minimum absolute atomic E-state index is 0.0404. The number of unbranched alkanes of at least 4 members (excludes halogenated alkanes) is 1. The van der Waals surface area contributed by atoms with Gasteiger partial charge in [0, 0.05) is 24.4 Å². The second-order valence-electron chi connectivity index (χ2n) is 6.97. The molecule has 1 aromatic carbocycles. The van der Waals surface area contributed by atoms with Crippen LogP contribution < -0.4 is 0 Å². The van der Waals surface area contributed by atoms with Gasteiger partial charge < -0.3 is 9.80 Å². The molecule has 0 unspecified atom stereocenters. The topological polar surface area (TPSA) is 40.6 Å². The summed E-state index contributed by atoms with van der Waals surface area (Å²) in [5, 5.41) is 2.11. The first-order valence-electron chi connectivity index (χ1n) is 9.84. The van der Waals surface area contributed by atoms with Crippen LogP contribution in [-0.4, -0.2) is 41.2 Å². The summed E-state index contributed by atoms with van der Waals surface area (Å²) in [6, 6.07) is 12.3. The van der Waals surface area contributed by atoms with E-state index in [1.165, 1.54) is 10.4 Å². The molecule has 0 aliphatic carbocycles. The molecule has 0 radical (unpaired) electrons. The van der Waals surface area contributed by atoms with E-state index >= 15 is 0 Å². The fraction of sp³-hybridized carbons (Fsp3) is 0.455. The number of fused-ring (bicyclic) bond motifs is 1. The van der Waals surface area contributed by atoms with Crippen LogP contribution in [0.3, 0.4) is 0 Å². The van der Waals surface area contributed by atoms with Crippen molar-refractivity contribution in [1.82, 2.24) is 9.80 Å². The maximum absolute atomic E-state index is 13.2. The van der Waals surface area contributed by atoms with Gasteiger partial charge in [0.05, 0.1) is 12.6 Å². The Kier molecular flexibility index (Phi) is 6.67. The van der Waals surface area contributed by atoms with Gasteiger partial charge in [-0.25, -0.2) is 0 Å². The molecule has 2 amide bonds. The first-order chi connectivity index (χ1) is 13.2. The molecule has 27 heavy (non-hydrogen) atoms. The van der Waals surface area contributed by atoms with Gasteiger partial charge in [0.1, 0.15) is 0 Å². The second kappa shape index (κ2) is 9.18. The van der Waals surface area contributed by atoms with Gasteiger partial charge in [-0.3, -0.25) is 9.59 Å². The highest BCUT2D eigenvalue weighted by Gasteiger charge is 2.33. The molecule has 1 aliphatic rings. The number of amides is 2. The molecule has 0 saturated heterocycles. The van der Waals surface area contributed by atoms with Crippen molar-refractivity contribution < 1.29 is 9.59 Å². The molecular weight excluding hydrogens is 356 g/mol. The molecule has 0 spiro atoms. The summed E-state index contributed by atoms with van der Waals surface area (Å²) < 4.78 is 0. The first kappa shape index (κ1) is 19.6. The highest BCUT2D eigenvalue weighted by atomic mass is 32.1. The zero-order valence-electron chi connectivity index (χ0n) is 16.2. The molecule has 4 nitrogen and oxygen atoms in total. The van der Waals surface area contributed by atoms with Gasteiger partial charge in [0.25, 0.3) is 0 Å². The standard InChI is InChI=1S/C22H28N2O2S/c1-3-5-13-23(20(25)4-2)16-21(26)24-14-11-19-18(12-15-27-19)22(24)17-9-7-6-8-10-17/h6-10,12,15,22H,3-5,11,13-14,16H2,1-2H3/t22-/m0/s1. The Balaban J connectivity index is 1.85. The lowest BCUT2D eigenvalue weighted by Gasteiger charge is -2.37. The SMILES string of the molecule is CCCCN(CC(=O)N1CCc2sccc2[C@@H]1c1ccccc1)C(=O)CC. The normalized spacial score (nSPS) is 16.1. The smallest absolute Gasteiger partial charge is 0.242 e. The third-order valence-electron chi connectivity index (χ3n) is 5.16. The average molecular weight is 385 g/mol. The molecule has 0 N–H and O–H groups in total. The molecule has 5 heteroatoms. The monoisotopic (exact) mass is 384 g/mol. The van der Waals surface area contributed by atoms with E-state index in [1.807, 2.05) is 30.0 Å². The van der Waals surface area contributed by atoms with E-state index in [1.54, 1.807) is 16.2 Å². The number of nitrogens with zero attached hydrogens (tertiary/aromatic N) is 2. The fourth-order valence-corrected chi connectivity index (χ4v) is 4.60. The lowest BCUT2D eigenvalue weighted by molar-refractivity contribution is -0.141. The van der Waals surface area contributed by atoms with Crippen LogP contribution in [0.1, 0.15) is 55.2 Å². The van der Waals surface area contributed by atoms with E-state index in [0.717, 1.165) is 24.8 Å². The van der Waals surface area contributed by atoms with Crippen LogP contribution in [0.15, 0.2) is 41.8 Å². The van der Waals surface area contributed by atoms with Crippen LogP contribution in [-0.2, 0) is 16.0 Å². The van der Waals surface area contributed by atoms with Gasteiger partial charge in [-0.05, 0) is 35.4 Å². The summed E-state index contributed by atoms with van der Waals surface area (Å²) in [6.45, 7) is 5.49. The maximum Gasteiger partial charge on any atom is 0.242 e. The Morgan fingerprint density at radius 2 is 1.96 bits per heavy atom. The molecule has 0 bridgehead atoms. The zero-order valence-corrected chi connectivity index (χ0v) is 17.0. The third-order valence-corrected chi connectivity index (χ3v) is 6.16. The van der Waals surface area contributed by atoms with Gasteiger partial charge in [-0.15, -0.1) is 11.3 Å². The van der Waals surface area contributed by atoms with Gasteiger partial charge >= 0.3 is 0 Å². The third kappa shape index (κ3) is 4.41. The van der Waals surface area contributed by atoms with Crippen LogP contribution in [0.4, 0.5) is 0 Å². The van der Waals surface area contributed by atoms with Crippen molar-refractivity contribution in [3.63, 3.8) is 0 Å². The number of hydrogen-bond donors (Lipinski definition) is 0. The van der Waals surface area contributed by atoms with Crippen LogP contribution in [0.5, 0.6) is 0 Å². The van der Waals surface area contributed by atoms with E-state index in [0.29, 0.717) is 19.5 Å². The summed E-state index contributed by atoms with van der Waals surface area (Å²) in [6.07, 6.45) is 3.26. The van der Waals surface area contributed by atoms with Crippen molar-refractivity contribution >= 4 is 23.2 Å². The average Bonchev–Trinajstić information content (AvgIpc) is 3.19. The van der Waals surface area contributed by atoms with Crippen LogP contribution in [0, 0.1) is 0 Å². The summed E-state index contributed by atoms with van der Waals surface area (Å²) in [5.74, 6) is 0.0971. The van der Waals surface area contributed by atoms with Gasteiger partial charge in [-0.1, -0.05) is 50.6 Å². The Morgan fingerprint density at radius 1 is 1.19 bits per heavy atom. The van der Waals surface area contributed by atoms with Crippen molar-refractivity contribution in [3.05, 3.63) is 57.8 Å². The van der Waals surface area contributed by atoms with Crippen molar-refractivity contribution in [2.75, 3.05) is 19.6 Å². The summed E-state index contributed by atoms with van der Waals surface area (Å²) in [4.78, 5) is 30.6. The summed E-state index contributed by atoms with van der Waals surface area (Å²) >= 11 is 1.77.